The van der Waals surface area contributed by atoms with Crippen molar-refractivity contribution in [1.29, 1.82) is 5.26 Å². The lowest BCUT2D eigenvalue weighted by molar-refractivity contribution is 0.415. The van der Waals surface area contributed by atoms with Gasteiger partial charge < -0.3 is 10.1 Å². The summed E-state index contributed by atoms with van der Waals surface area (Å²) in [5, 5.41) is 12.4. The Balaban J connectivity index is 2.19. The quantitative estimate of drug-likeness (QED) is 0.841. The van der Waals surface area contributed by atoms with Gasteiger partial charge in [0.25, 0.3) is 0 Å². The fourth-order valence-corrected chi connectivity index (χ4v) is 1.83. The second-order valence-corrected chi connectivity index (χ2v) is 4.29. The number of anilines is 1. The molecule has 1 saturated carbocycles. The van der Waals surface area contributed by atoms with E-state index in [2.05, 4.69) is 18.3 Å². The molecule has 1 aliphatic rings. The maximum Gasteiger partial charge on any atom is 0.121 e. The molecule has 1 unspecified atom stereocenters. The Labute approximate surface area is 96.0 Å². The van der Waals surface area contributed by atoms with Gasteiger partial charge in [-0.2, -0.15) is 5.26 Å². The summed E-state index contributed by atoms with van der Waals surface area (Å²) in [6.07, 6.45) is 2.58. The van der Waals surface area contributed by atoms with Gasteiger partial charge in [0.15, 0.2) is 0 Å². The Morgan fingerprint density at radius 2 is 2.25 bits per heavy atom. The Hall–Kier alpha value is -1.69. The summed E-state index contributed by atoms with van der Waals surface area (Å²) >= 11 is 0. The molecule has 1 aliphatic carbocycles. The highest BCUT2D eigenvalue weighted by Gasteiger charge is 2.28. The summed E-state index contributed by atoms with van der Waals surface area (Å²) in [5.41, 5.74) is 1.55. The molecule has 2 rings (SSSR count). The molecule has 1 fully saturated rings. The van der Waals surface area contributed by atoms with Crippen LogP contribution >= 0.6 is 0 Å². The number of hydrogen-bond acceptors (Lipinski definition) is 3. The molecule has 84 valence electrons. The maximum atomic E-state index is 9.02. The van der Waals surface area contributed by atoms with Gasteiger partial charge in [-0.1, -0.05) is 0 Å². The van der Waals surface area contributed by atoms with Gasteiger partial charge >= 0.3 is 0 Å². The fourth-order valence-electron chi connectivity index (χ4n) is 1.83. The van der Waals surface area contributed by atoms with Crippen LogP contribution in [0.5, 0.6) is 5.75 Å². The first-order chi connectivity index (χ1) is 7.74. The molecule has 0 radical (unpaired) electrons. The van der Waals surface area contributed by atoms with E-state index in [1.807, 2.05) is 12.1 Å². The van der Waals surface area contributed by atoms with Crippen LogP contribution in [-0.2, 0) is 0 Å². The van der Waals surface area contributed by atoms with Crippen LogP contribution in [0.15, 0.2) is 18.2 Å². The minimum atomic E-state index is 0.430. The third-order valence-corrected chi connectivity index (χ3v) is 3.06. The van der Waals surface area contributed by atoms with E-state index >= 15 is 0 Å². The van der Waals surface area contributed by atoms with Crippen LogP contribution < -0.4 is 10.1 Å². The van der Waals surface area contributed by atoms with Gasteiger partial charge in [-0.05, 0) is 37.8 Å². The molecular formula is C13H16N2O. The Morgan fingerprint density at radius 1 is 1.50 bits per heavy atom. The average molecular weight is 216 g/mol. The molecule has 1 aromatic rings. The zero-order valence-electron chi connectivity index (χ0n) is 9.66. The number of methoxy groups -OCH3 is 1. The van der Waals surface area contributed by atoms with E-state index < -0.39 is 0 Å². The molecule has 0 saturated heterocycles. The molecule has 0 bridgehead atoms. The Kier molecular flexibility index (Phi) is 3.00. The Morgan fingerprint density at radius 3 is 2.81 bits per heavy atom. The zero-order chi connectivity index (χ0) is 11.5. The summed E-state index contributed by atoms with van der Waals surface area (Å²) in [6, 6.07) is 8.11. The topological polar surface area (TPSA) is 45.0 Å². The number of benzene rings is 1. The number of nitrogens with one attached hydrogen (secondary N) is 1. The van der Waals surface area contributed by atoms with Crippen molar-refractivity contribution < 1.29 is 4.74 Å². The molecule has 1 atom stereocenters. The van der Waals surface area contributed by atoms with Crippen molar-refractivity contribution in [3.8, 4) is 11.8 Å². The number of nitrogens with zero attached hydrogens (tertiary/aromatic N) is 1. The molecule has 0 amide bonds. The first-order valence-corrected chi connectivity index (χ1v) is 5.59. The number of ether oxygens (including phenoxy) is 1. The van der Waals surface area contributed by atoms with Crippen molar-refractivity contribution in [2.45, 2.75) is 25.8 Å². The van der Waals surface area contributed by atoms with Crippen molar-refractivity contribution >= 4 is 5.69 Å². The van der Waals surface area contributed by atoms with Gasteiger partial charge in [0, 0.05) is 12.1 Å². The minimum absolute atomic E-state index is 0.430. The second-order valence-electron chi connectivity index (χ2n) is 4.29. The zero-order valence-corrected chi connectivity index (χ0v) is 9.66. The first kappa shape index (κ1) is 10.8. The van der Waals surface area contributed by atoms with E-state index in [1.54, 1.807) is 13.2 Å². The molecule has 1 N–H and O–H groups in total. The standard InChI is InChI=1S/C13H16N2O/c1-9(10-3-4-10)15-13-7-12(16-2)6-5-11(13)8-14/h5-7,9-10,15H,3-4H2,1-2H3. The van der Waals surface area contributed by atoms with Crippen LogP contribution in [-0.4, -0.2) is 13.2 Å². The third-order valence-electron chi connectivity index (χ3n) is 3.06. The molecule has 0 heterocycles. The van der Waals surface area contributed by atoms with E-state index in [4.69, 9.17) is 10.00 Å². The van der Waals surface area contributed by atoms with Crippen LogP contribution in [0, 0.1) is 17.2 Å². The fraction of sp³-hybridized carbons (Fsp3) is 0.462. The molecule has 3 heteroatoms. The van der Waals surface area contributed by atoms with Gasteiger partial charge in [0.05, 0.1) is 18.4 Å². The molecule has 0 aliphatic heterocycles. The van der Waals surface area contributed by atoms with Crippen LogP contribution in [0.3, 0.4) is 0 Å². The van der Waals surface area contributed by atoms with Crippen molar-refractivity contribution in [2.75, 3.05) is 12.4 Å². The highest BCUT2D eigenvalue weighted by atomic mass is 16.5. The lowest BCUT2D eigenvalue weighted by Gasteiger charge is -2.16. The van der Waals surface area contributed by atoms with Crippen LogP contribution in [0.4, 0.5) is 5.69 Å². The lowest BCUT2D eigenvalue weighted by Crippen LogP contribution is -2.17. The van der Waals surface area contributed by atoms with Crippen molar-refractivity contribution in [3.05, 3.63) is 23.8 Å². The summed E-state index contributed by atoms with van der Waals surface area (Å²) in [7, 11) is 1.63. The van der Waals surface area contributed by atoms with Crippen LogP contribution in [0.2, 0.25) is 0 Å². The summed E-state index contributed by atoms with van der Waals surface area (Å²) < 4.78 is 5.16. The highest BCUT2D eigenvalue weighted by Crippen LogP contribution is 2.34. The normalized spacial score (nSPS) is 16.3. The predicted molar refractivity (Wildman–Crippen MR) is 63.5 cm³/mol. The van der Waals surface area contributed by atoms with Gasteiger partial charge in [-0.15, -0.1) is 0 Å². The molecule has 16 heavy (non-hydrogen) atoms. The highest BCUT2D eigenvalue weighted by molar-refractivity contribution is 5.60. The maximum absolute atomic E-state index is 9.02. The van der Waals surface area contributed by atoms with Gasteiger partial charge in [-0.3, -0.25) is 0 Å². The smallest absolute Gasteiger partial charge is 0.121 e. The van der Waals surface area contributed by atoms with Crippen molar-refractivity contribution in [1.82, 2.24) is 0 Å². The molecule has 1 aromatic carbocycles. The van der Waals surface area contributed by atoms with Crippen LogP contribution in [0.1, 0.15) is 25.3 Å². The van der Waals surface area contributed by atoms with E-state index in [-0.39, 0.29) is 0 Å². The number of nitriles is 1. The average Bonchev–Trinajstić information content (AvgIpc) is 3.12. The predicted octanol–water partition coefficient (Wildman–Crippen LogP) is 2.78. The number of rotatable bonds is 4. The summed E-state index contributed by atoms with van der Waals surface area (Å²) in [4.78, 5) is 0. The van der Waals surface area contributed by atoms with E-state index in [9.17, 15) is 0 Å². The number of hydrogen-bond donors (Lipinski definition) is 1. The lowest BCUT2D eigenvalue weighted by atomic mass is 10.1. The van der Waals surface area contributed by atoms with E-state index in [0.29, 0.717) is 11.6 Å². The third kappa shape index (κ3) is 2.27. The Bertz CT molecular complexity index is 418. The van der Waals surface area contributed by atoms with Crippen LogP contribution in [0.25, 0.3) is 0 Å². The molecule has 0 aromatic heterocycles. The second kappa shape index (κ2) is 4.44. The van der Waals surface area contributed by atoms with Gasteiger partial charge in [-0.25, -0.2) is 0 Å². The monoisotopic (exact) mass is 216 g/mol. The van der Waals surface area contributed by atoms with E-state index in [0.717, 1.165) is 17.4 Å². The van der Waals surface area contributed by atoms with Crippen molar-refractivity contribution in [3.63, 3.8) is 0 Å². The minimum Gasteiger partial charge on any atom is -0.497 e. The SMILES string of the molecule is COc1ccc(C#N)c(NC(C)C2CC2)c1. The van der Waals surface area contributed by atoms with Crippen molar-refractivity contribution in [2.24, 2.45) is 5.92 Å². The summed E-state index contributed by atoms with van der Waals surface area (Å²) in [6.45, 7) is 2.16. The molecule has 3 nitrogen and oxygen atoms in total. The van der Waals surface area contributed by atoms with Gasteiger partial charge in [0.1, 0.15) is 11.8 Å². The molecular weight excluding hydrogens is 200 g/mol. The summed E-state index contributed by atoms with van der Waals surface area (Å²) in [5.74, 6) is 1.54. The molecule has 0 spiro atoms. The first-order valence-electron chi connectivity index (χ1n) is 5.59. The van der Waals surface area contributed by atoms with Gasteiger partial charge in [0.2, 0.25) is 0 Å². The largest absolute Gasteiger partial charge is 0.497 e. The van der Waals surface area contributed by atoms with E-state index in [1.165, 1.54) is 12.8 Å².